The predicted octanol–water partition coefficient (Wildman–Crippen LogP) is 2.35. The lowest BCUT2D eigenvalue weighted by molar-refractivity contribution is -0.119. The molecule has 0 bridgehead atoms. The fourth-order valence-corrected chi connectivity index (χ4v) is 3.65. The monoisotopic (exact) mass is 393 g/mol. The number of ether oxygens (including phenoxy) is 1. The van der Waals surface area contributed by atoms with Crippen LogP contribution in [0.5, 0.6) is 5.75 Å². The topological polar surface area (TPSA) is 64.7 Å². The van der Waals surface area contributed by atoms with Crippen molar-refractivity contribution >= 4 is 22.6 Å². The molecule has 7 heteroatoms. The van der Waals surface area contributed by atoms with E-state index in [9.17, 15) is 4.79 Å². The minimum Gasteiger partial charge on any atom is -0.497 e. The van der Waals surface area contributed by atoms with Gasteiger partial charge in [-0.1, -0.05) is 18.2 Å². The van der Waals surface area contributed by atoms with Crippen molar-refractivity contribution in [3.8, 4) is 5.75 Å². The van der Waals surface area contributed by atoms with Gasteiger partial charge < -0.3 is 14.6 Å². The molecule has 4 rings (SSSR count). The molecule has 0 unspecified atom stereocenters. The van der Waals surface area contributed by atoms with Crippen molar-refractivity contribution in [3.05, 3.63) is 54.4 Å². The van der Waals surface area contributed by atoms with Gasteiger partial charge in [-0.3, -0.25) is 14.6 Å². The molecule has 7 nitrogen and oxygen atoms in total. The molecule has 152 valence electrons. The third kappa shape index (κ3) is 4.58. The van der Waals surface area contributed by atoms with Crippen molar-refractivity contribution in [2.75, 3.05) is 51.8 Å². The number of hydrogen-bond acceptors (Lipinski definition) is 5. The predicted molar refractivity (Wildman–Crippen MR) is 114 cm³/mol. The summed E-state index contributed by atoms with van der Waals surface area (Å²) in [5.74, 6) is 1.91. The van der Waals surface area contributed by atoms with Gasteiger partial charge in [-0.15, -0.1) is 0 Å². The quantitative estimate of drug-likeness (QED) is 0.697. The number of rotatable bonds is 6. The van der Waals surface area contributed by atoms with E-state index in [0.717, 1.165) is 61.0 Å². The maximum absolute atomic E-state index is 12.6. The second kappa shape index (κ2) is 8.63. The zero-order valence-electron chi connectivity index (χ0n) is 17.0. The third-order valence-corrected chi connectivity index (χ3v) is 5.45. The maximum Gasteiger partial charge on any atom is 0.240 e. The highest BCUT2D eigenvalue weighted by Crippen LogP contribution is 2.19. The standard InChI is InChI=1S/C22H27N5O2/c1-25(17-6-4-3-5-7-17)22(28)16-27-12-10-26(11-13-27)15-21-23-19-9-8-18(29-2)14-20(19)24-21/h3-9,14H,10-13,15-16H2,1-2H3,(H,23,24). The van der Waals surface area contributed by atoms with Gasteiger partial charge in [-0.2, -0.15) is 0 Å². The Morgan fingerprint density at radius 3 is 2.55 bits per heavy atom. The first-order valence-corrected chi connectivity index (χ1v) is 9.91. The van der Waals surface area contributed by atoms with E-state index in [4.69, 9.17) is 4.74 Å². The van der Waals surface area contributed by atoms with E-state index >= 15 is 0 Å². The number of nitrogens with one attached hydrogen (secondary N) is 1. The van der Waals surface area contributed by atoms with Crippen LogP contribution >= 0.6 is 0 Å². The SMILES string of the molecule is COc1ccc2nc(CN3CCN(CC(=O)N(C)c4ccccc4)CC3)[nH]c2c1. The van der Waals surface area contributed by atoms with E-state index in [2.05, 4.69) is 19.8 Å². The van der Waals surface area contributed by atoms with E-state index in [1.165, 1.54) is 0 Å². The molecular weight excluding hydrogens is 366 g/mol. The Labute approximate surface area is 170 Å². The van der Waals surface area contributed by atoms with E-state index in [1.54, 1.807) is 12.0 Å². The number of anilines is 1. The molecule has 0 radical (unpaired) electrons. The number of imidazole rings is 1. The number of piperazine rings is 1. The molecule has 1 amide bonds. The molecule has 1 fully saturated rings. The lowest BCUT2D eigenvalue weighted by atomic mass is 10.2. The number of nitrogens with zero attached hydrogens (tertiary/aromatic N) is 4. The van der Waals surface area contributed by atoms with Crippen molar-refractivity contribution < 1.29 is 9.53 Å². The Balaban J connectivity index is 1.29. The average Bonchev–Trinajstić information content (AvgIpc) is 3.16. The fraction of sp³-hybridized carbons (Fsp3) is 0.364. The van der Waals surface area contributed by atoms with Crippen LogP contribution in [0.3, 0.4) is 0 Å². The number of methoxy groups -OCH3 is 1. The summed E-state index contributed by atoms with van der Waals surface area (Å²) in [6.07, 6.45) is 0. The van der Waals surface area contributed by atoms with E-state index in [0.29, 0.717) is 6.54 Å². The summed E-state index contributed by atoms with van der Waals surface area (Å²) < 4.78 is 5.28. The molecule has 1 N–H and O–H groups in total. The summed E-state index contributed by atoms with van der Waals surface area (Å²) in [5.41, 5.74) is 2.87. The molecule has 0 spiro atoms. The molecule has 1 aromatic heterocycles. The first-order chi connectivity index (χ1) is 14.1. The number of aromatic nitrogens is 2. The summed E-state index contributed by atoms with van der Waals surface area (Å²) in [6, 6.07) is 15.6. The third-order valence-electron chi connectivity index (χ3n) is 5.45. The summed E-state index contributed by atoms with van der Waals surface area (Å²) in [4.78, 5) is 27.0. The van der Waals surface area contributed by atoms with Gasteiger partial charge in [-0.25, -0.2) is 4.98 Å². The second-order valence-electron chi connectivity index (χ2n) is 7.41. The Morgan fingerprint density at radius 1 is 1.10 bits per heavy atom. The van der Waals surface area contributed by atoms with Crippen LogP contribution in [-0.2, 0) is 11.3 Å². The van der Waals surface area contributed by atoms with Crippen LogP contribution < -0.4 is 9.64 Å². The number of aromatic amines is 1. The number of likely N-dealkylation sites (N-methyl/N-ethyl adjacent to an activating group) is 1. The van der Waals surface area contributed by atoms with Crippen LogP contribution in [0, 0.1) is 0 Å². The second-order valence-corrected chi connectivity index (χ2v) is 7.41. The van der Waals surface area contributed by atoms with Gasteiger partial charge in [-0.05, 0) is 24.3 Å². The van der Waals surface area contributed by atoms with E-state index in [1.807, 2.05) is 55.6 Å². The zero-order chi connectivity index (χ0) is 20.2. The van der Waals surface area contributed by atoms with Gasteiger partial charge in [0.2, 0.25) is 5.91 Å². The van der Waals surface area contributed by atoms with Gasteiger partial charge in [0, 0.05) is 45.0 Å². The molecule has 1 saturated heterocycles. The van der Waals surface area contributed by atoms with E-state index in [-0.39, 0.29) is 5.91 Å². The van der Waals surface area contributed by atoms with Crippen molar-refractivity contribution in [1.29, 1.82) is 0 Å². The number of carbonyl (C=O) groups is 1. The summed E-state index contributed by atoms with van der Waals surface area (Å²) in [6.45, 7) is 4.82. The Bertz CT molecular complexity index is 964. The van der Waals surface area contributed by atoms with Crippen LogP contribution in [0.2, 0.25) is 0 Å². The smallest absolute Gasteiger partial charge is 0.240 e. The first kappa shape index (κ1) is 19.4. The molecule has 2 heterocycles. The zero-order valence-corrected chi connectivity index (χ0v) is 17.0. The molecule has 2 aromatic carbocycles. The Kier molecular flexibility index (Phi) is 5.78. The van der Waals surface area contributed by atoms with Crippen molar-refractivity contribution in [2.45, 2.75) is 6.54 Å². The molecule has 0 aliphatic carbocycles. The Hall–Kier alpha value is -2.90. The number of carbonyl (C=O) groups excluding carboxylic acids is 1. The highest BCUT2D eigenvalue weighted by molar-refractivity contribution is 5.94. The van der Waals surface area contributed by atoms with Crippen molar-refractivity contribution in [2.24, 2.45) is 0 Å². The highest BCUT2D eigenvalue weighted by Gasteiger charge is 2.21. The lowest BCUT2D eigenvalue weighted by Crippen LogP contribution is -2.49. The largest absolute Gasteiger partial charge is 0.497 e. The van der Waals surface area contributed by atoms with Crippen molar-refractivity contribution in [1.82, 2.24) is 19.8 Å². The van der Waals surface area contributed by atoms with Gasteiger partial charge in [0.1, 0.15) is 11.6 Å². The number of amides is 1. The molecule has 1 aliphatic heterocycles. The van der Waals surface area contributed by atoms with Crippen LogP contribution in [0.25, 0.3) is 11.0 Å². The first-order valence-electron chi connectivity index (χ1n) is 9.91. The Morgan fingerprint density at radius 2 is 1.83 bits per heavy atom. The number of para-hydroxylation sites is 1. The summed E-state index contributed by atoms with van der Waals surface area (Å²) in [5, 5.41) is 0. The van der Waals surface area contributed by atoms with Crippen molar-refractivity contribution in [3.63, 3.8) is 0 Å². The molecular formula is C22H27N5O2. The van der Waals surface area contributed by atoms with Crippen LogP contribution in [-0.4, -0.2) is 72.6 Å². The number of benzene rings is 2. The van der Waals surface area contributed by atoms with Crippen LogP contribution in [0.1, 0.15) is 5.82 Å². The number of H-pyrrole nitrogens is 1. The fourth-order valence-electron chi connectivity index (χ4n) is 3.65. The molecule has 0 atom stereocenters. The van der Waals surface area contributed by atoms with Crippen LogP contribution in [0.15, 0.2) is 48.5 Å². The lowest BCUT2D eigenvalue weighted by Gasteiger charge is -2.34. The summed E-state index contributed by atoms with van der Waals surface area (Å²) in [7, 11) is 3.50. The molecule has 3 aromatic rings. The van der Waals surface area contributed by atoms with Gasteiger partial charge in [0.25, 0.3) is 0 Å². The minimum atomic E-state index is 0.121. The number of fused-ring (bicyclic) bond motifs is 1. The highest BCUT2D eigenvalue weighted by atomic mass is 16.5. The van der Waals surface area contributed by atoms with E-state index < -0.39 is 0 Å². The maximum atomic E-state index is 12.6. The molecule has 1 aliphatic rings. The van der Waals surface area contributed by atoms with Crippen LogP contribution in [0.4, 0.5) is 5.69 Å². The molecule has 29 heavy (non-hydrogen) atoms. The summed E-state index contributed by atoms with van der Waals surface area (Å²) >= 11 is 0. The van der Waals surface area contributed by atoms with Gasteiger partial charge >= 0.3 is 0 Å². The minimum absolute atomic E-state index is 0.121. The normalized spacial score (nSPS) is 15.5. The molecule has 0 saturated carbocycles. The van der Waals surface area contributed by atoms with Gasteiger partial charge in [0.15, 0.2) is 0 Å². The number of hydrogen-bond donors (Lipinski definition) is 1. The average molecular weight is 393 g/mol. The van der Waals surface area contributed by atoms with Gasteiger partial charge in [0.05, 0.1) is 31.2 Å².